The highest BCUT2D eigenvalue weighted by molar-refractivity contribution is 5.91. The van der Waals surface area contributed by atoms with Crippen LogP contribution in [0.25, 0.3) is 0 Å². The molecule has 3 rings (SSSR count). The normalized spacial score (nSPS) is 15.0. The molecule has 1 atom stereocenters. The fraction of sp³-hybridized carbons (Fsp3) is 0.263. The lowest BCUT2D eigenvalue weighted by atomic mass is 10.2. The maximum Gasteiger partial charge on any atom is 0.411 e. The SMILES string of the molecule is CCOC(=O)Nc1ccc(C(=O)OC[C@@H]2COc3ccccc3O2)cc1. The van der Waals surface area contributed by atoms with Crippen LogP contribution in [0.2, 0.25) is 0 Å². The first-order chi connectivity index (χ1) is 12.7. The Bertz CT molecular complexity index is 774. The molecule has 2 aromatic carbocycles. The summed E-state index contributed by atoms with van der Waals surface area (Å²) >= 11 is 0. The van der Waals surface area contributed by atoms with E-state index in [0.29, 0.717) is 29.4 Å². The highest BCUT2D eigenvalue weighted by Crippen LogP contribution is 2.30. The number of nitrogens with one attached hydrogen (secondary N) is 1. The first kappa shape index (κ1) is 17.6. The van der Waals surface area contributed by atoms with Gasteiger partial charge in [0.1, 0.15) is 13.2 Å². The Balaban J connectivity index is 1.50. The van der Waals surface area contributed by atoms with E-state index in [-0.39, 0.29) is 19.3 Å². The number of para-hydroxylation sites is 2. The maximum absolute atomic E-state index is 12.1. The van der Waals surface area contributed by atoms with Crippen LogP contribution in [-0.2, 0) is 9.47 Å². The molecular formula is C19H19NO6. The monoisotopic (exact) mass is 357 g/mol. The van der Waals surface area contributed by atoms with E-state index in [2.05, 4.69) is 5.32 Å². The van der Waals surface area contributed by atoms with Gasteiger partial charge >= 0.3 is 12.1 Å². The van der Waals surface area contributed by atoms with E-state index in [4.69, 9.17) is 18.9 Å². The lowest BCUT2D eigenvalue weighted by Gasteiger charge is -2.26. The van der Waals surface area contributed by atoms with E-state index in [1.807, 2.05) is 18.2 Å². The molecule has 0 aliphatic carbocycles. The van der Waals surface area contributed by atoms with Gasteiger partial charge in [0.2, 0.25) is 0 Å². The van der Waals surface area contributed by atoms with Gasteiger partial charge in [-0.3, -0.25) is 5.32 Å². The fourth-order valence-corrected chi connectivity index (χ4v) is 2.37. The summed E-state index contributed by atoms with van der Waals surface area (Å²) in [5, 5.41) is 2.55. The molecule has 1 aliphatic heterocycles. The van der Waals surface area contributed by atoms with E-state index in [9.17, 15) is 9.59 Å². The molecule has 7 nitrogen and oxygen atoms in total. The van der Waals surface area contributed by atoms with Gasteiger partial charge in [-0.1, -0.05) is 12.1 Å². The lowest BCUT2D eigenvalue weighted by molar-refractivity contribution is 0.0110. The minimum Gasteiger partial charge on any atom is -0.486 e. The summed E-state index contributed by atoms with van der Waals surface area (Å²) in [6.45, 7) is 2.40. The number of hydrogen-bond acceptors (Lipinski definition) is 6. The first-order valence-corrected chi connectivity index (χ1v) is 8.25. The smallest absolute Gasteiger partial charge is 0.411 e. The van der Waals surface area contributed by atoms with Gasteiger partial charge in [0, 0.05) is 5.69 Å². The second kappa shape index (κ2) is 8.24. The van der Waals surface area contributed by atoms with Gasteiger partial charge in [-0.15, -0.1) is 0 Å². The third-order valence-corrected chi connectivity index (χ3v) is 3.61. The molecule has 0 unspecified atom stereocenters. The maximum atomic E-state index is 12.1. The van der Waals surface area contributed by atoms with Gasteiger partial charge in [-0.05, 0) is 43.3 Å². The molecule has 1 heterocycles. The van der Waals surface area contributed by atoms with E-state index in [1.54, 1.807) is 37.3 Å². The molecule has 0 aromatic heterocycles. The minimum absolute atomic E-state index is 0.0794. The van der Waals surface area contributed by atoms with Crippen LogP contribution in [0, 0.1) is 0 Å². The second-order valence-electron chi connectivity index (χ2n) is 5.52. The molecule has 1 amide bonds. The molecular weight excluding hydrogens is 338 g/mol. The van der Waals surface area contributed by atoms with E-state index < -0.39 is 12.1 Å². The van der Waals surface area contributed by atoms with E-state index in [0.717, 1.165) is 0 Å². The van der Waals surface area contributed by atoms with Gasteiger partial charge in [0.15, 0.2) is 17.6 Å². The Labute approximate surface area is 150 Å². The molecule has 7 heteroatoms. The van der Waals surface area contributed by atoms with E-state index >= 15 is 0 Å². The molecule has 0 saturated heterocycles. The molecule has 0 spiro atoms. The molecule has 0 bridgehead atoms. The largest absolute Gasteiger partial charge is 0.486 e. The Morgan fingerprint density at radius 1 is 1.08 bits per heavy atom. The van der Waals surface area contributed by atoms with Crippen LogP contribution in [0.3, 0.4) is 0 Å². The van der Waals surface area contributed by atoms with Crippen molar-refractivity contribution in [3.63, 3.8) is 0 Å². The molecule has 0 radical (unpaired) electrons. The predicted molar refractivity (Wildman–Crippen MR) is 93.7 cm³/mol. The minimum atomic E-state index is -0.544. The Kier molecular flexibility index (Phi) is 5.58. The number of hydrogen-bond donors (Lipinski definition) is 1. The quantitative estimate of drug-likeness (QED) is 0.827. The Morgan fingerprint density at radius 3 is 2.54 bits per heavy atom. The zero-order valence-electron chi connectivity index (χ0n) is 14.3. The number of ether oxygens (including phenoxy) is 4. The average molecular weight is 357 g/mol. The summed E-state index contributed by atoms with van der Waals surface area (Å²) in [4.78, 5) is 23.5. The van der Waals surface area contributed by atoms with Gasteiger partial charge in [-0.25, -0.2) is 9.59 Å². The lowest BCUT2D eigenvalue weighted by Crippen LogP contribution is -2.34. The number of fused-ring (bicyclic) bond motifs is 1. The van der Waals surface area contributed by atoms with Crippen LogP contribution >= 0.6 is 0 Å². The van der Waals surface area contributed by atoms with Crippen molar-refractivity contribution in [1.82, 2.24) is 0 Å². The van der Waals surface area contributed by atoms with Crippen molar-refractivity contribution in [3.05, 3.63) is 54.1 Å². The van der Waals surface area contributed by atoms with Crippen LogP contribution in [-0.4, -0.2) is 38.0 Å². The summed E-state index contributed by atoms with van der Waals surface area (Å²) < 4.78 is 21.4. The molecule has 1 aliphatic rings. The standard InChI is InChI=1S/C19H19NO6/c1-2-23-19(22)20-14-9-7-13(8-10-14)18(21)25-12-15-11-24-16-5-3-4-6-17(16)26-15/h3-10,15H,2,11-12H2,1H3,(H,20,22)/t15-/m0/s1. The number of rotatable bonds is 5. The highest BCUT2D eigenvalue weighted by atomic mass is 16.6. The van der Waals surface area contributed by atoms with Crippen LogP contribution in [0.4, 0.5) is 10.5 Å². The predicted octanol–water partition coefficient (Wildman–Crippen LogP) is 3.25. The molecule has 0 fully saturated rings. The van der Waals surface area contributed by atoms with Crippen LogP contribution < -0.4 is 14.8 Å². The van der Waals surface area contributed by atoms with Crippen LogP contribution in [0.1, 0.15) is 17.3 Å². The first-order valence-electron chi connectivity index (χ1n) is 8.25. The summed E-state index contributed by atoms with van der Waals surface area (Å²) in [7, 11) is 0. The summed E-state index contributed by atoms with van der Waals surface area (Å²) in [6.07, 6.45) is -0.906. The summed E-state index contributed by atoms with van der Waals surface area (Å²) in [5.41, 5.74) is 0.900. The molecule has 1 N–H and O–H groups in total. The number of carbonyl (C=O) groups excluding carboxylic acids is 2. The third kappa shape index (κ3) is 4.44. The number of benzene rings is 2. The zero-order valence-corrected chi connectivity index (χ0v) is 14.3. The van der Waals surface area contributed by atoms with Crippen molar-refractivity contribution in [2.75, 3.05) is 25.1 Å². The van der Waals surface area contributed by atoms with Crippen molar-refractivity contribution in [3.8, 4) is 11.5 Å². The van der Waals surface area contributed by atoms with Gasteiger partial charge in [0.05, 0.1) is 12.2 Å². The average Bonchev–Trinajstić information content (AvgIpc) is 2.66. The van der Waals surface area contributed by atoms with Crippen molar-refractivity contribution in [1.29, 1.82) is 0 Å². The molecule has 136 valence electrons. The number of carbonyl (C=O) groups is 2. The zero-order chi connectivity index (χ0) is 18.4. The molecule has 26 heavy (non-hydrogen) atoms. The van der Waals surface area contributed by atoms with Crippen LogP contribution in [0.5, 0.6) is 11.5 Å². The van der Waals surface area contributed by atoms with Crippen molar-refractivity contribution in [2.45, 2.75) is 13.0 Å². The van der Waals surface area contributed by atoms with E-state index in [1.165, 1.54) is 0 Å². The van der Waals surface area contributed by atoms with Crippen molar-refractivity contribution >= 4 is 17.7 Å². The van der Waals surface area contributed by atoms with Gasteiger partial charge in [-0.2, -0.15) is 0 Å². The second-order valence-corrected chi connectivity index (χ2v) is 5.52. The topological polar surface area (TPSA) is 83.1 Å². The van der Waals surface area contributed by atoms with Gasteiger partial charge in [0.25, 0.3) is 0 Å². The summed E-state index contributed by atoms with van der Waals surface area (Å²) in [5.74, 6) is 0.837. The van der Waals surface area contributed by atoms with Crippen molar-refractivity contribution in [2.24, 2.45) is 0 Å². The highest BCUT2D eigenvalue weighted by Gasteiger charge is 2.22. The van der Waals surface area contributed by atoms with Crippen LogP contribution in [0.15, 0.2) is 48.5 Å². The fourth-order valence-electron chi connectivity index (χ4n) is 2.37. The Hall–Kier alpha value is -3.22. The van der Waals surface area contributed by atoms with Gasteiger partial charge < -0.3 is 18.9 Å². The number of amides is 1. The van der Waals surface area contributed by atoms with Crippen molar-refractivity contribution < 1.29 is 28.5 Å². The summed E-state index contributed by atoms with van der Waals surface area (Å²) in [6, 6.07) is 13.7. The Morgan fingerprint density at radius 2 is 1.81 bits per heavy atom. The third-order valence-electron chi connectivity index (χ3n) is 3.61. The molecule has 2 aromatic rings. The number of anilines is 1. The number of esters is 1. The molecule has 0 saturated carbocycles.